The van der Waals surface area contributed by atoms with Gasteiger partial charge in [-0.25, -0.2) is 4.79 Å². The molecule has 0 aromatic carbocycles. The number of aromatic carboxylic acids is 1. The SMILES string of the molecule is Nc1cncc(C(=O)O)c1N. The number of nitrogen functional groups attached to an aromatic ring is 2. The molecule has 0 atom stereocenters. The van der Waals surface area contributed by atoms with Crippen molar-refractivity contribution in [1.29, 1.82) is 0 Å². The van der Waals surface area contributed by atoms with Gasteiger partial charge in [0.2, 0.25) is 0 Å². The van der Waals surface area contributed by atoms with Crippen LogP contribution in [0.3, 0.4) is 0 Å². The number of hydrogen-bond donors (Lipinski definition) is 3. The summed E-state index contributed by atoms with van der Waals surface area (Å²) in [5, 5.41) is 8.51. The van der Waals surface area contributed by atoms with Crippen LogP contribution in [0.15, 0.2) is 12.4 Å². The van der Waals surface area contributed by atoms with E-state index in [1.54, 1.807) is 0 Å². The maximum Gasteiger partial charge on any atom is 0.339 e. The number of nitrogens with two attached hydrogens (primary N) is 2. The topological polar surface area (TPSA) is 102 Å². The van der Waals surface area contributed by atoms with Crippen molar-refractivity contribution in [2.75, 3.05) is 11.5 Å². The van der Waals surface area contributed by atoms with Gasteiger partial charge < -0.3 is 16.6 Å². The molecule has 0 saturated heterocycles. The average molecular weight is 153 g/mol. The molecule has 0 radical (unpaired) electrons. The summed E-state index contributed by atoms with van der Waals surface area (Å²) in [6.45, 7) is 0. The molecule has 1 aromatic rings. The molecule has 5 heteroatoms. The van der Waals surface area contributed by atoms with Gasteiger partial charge in [0.15, 0.2) is 0 Å². The first kappa shape index (κ1) is 7.33. The number of carbonyl (C=O) groups is 1. The van der Waals surface area contributed by atoms with Gasteiger partial charge in [-0.05, 0) is 0 Å². The van der Waals surface area contributed by atoms with E-state index < -0.39 is 5.97 Å². The van der Waals surface area contributed by atoms with Crippen LogP contribution in [0.25, 0.3) is 0 Å². The maximum absolute atomic E-state index is 10.4. The van der Waals surface area contributed by atoms with Crippen molar-refractivity contribution in [2.24, 2.45) is 0 Å². The minimum absolute atomic E-state index is 0.0625. The molecule has 0 aliphatic carbocycles. The fourth-order valence-electron chi connectivity index (χ4n) is 0.657. The lowest BCUT2D eigenvalue weighted by Gasteiger charge is -2.01. The van der Waals surface area contributed by atoms with Crippen LogP contribution in [-0.2, 0) is 0 Å². The van der Waals surface area contributed by atoms with E-state index in [-0.39, 0.29) is 16.9 Å². The van der Waals surface area contributed by atoms with Gasteiger partial charge >= 0.3 is 5.97 Å². The number of carboxylic acid groups (broad SMARTS) is 1. The number of nitrogens with zero attached hydrogens (tertiary/aromatic N) is 1. The Kier molecular flexibility index (Phi) is 1.63. The molecule has 1 heterocycles. The van der Waals surface area contributed by atoms with Crippen LogP contribution in [0.4, 0.5) is 11.4 Å². The standard InChI is InChI=1S/C6H7N3O2/c7-4-2-9-1-3(5(4)8)6(10)11/h1-2H,7H2,(H2,8,9)(H,10,11). The first-order chi connectivity index (χ1) is 5.13. The summed E-state index contributed by atoms with van der Waals surface area (Å²) in [5.41, 5.74) is 10.8. The molecule has 1 aromatic heterocycles. The lowest BCUT2D eigenvalue weighted by molar-refractivity contribution is 0.0697. The summed E-state index contributed by atoms with van der Waals surface area (Å²) in [4.78, 5) is 14.0. The molecular weight excluding hydrogens is 146 g/mol. The van der Waals surface area contributed by atoms with Crippen molar-refractivity contribution in [2.45, 2.75) is 0 Å². The Bertz CT molecular complexity index is 298. The third-order valence-corrected chi connectivity index (χ3v) is 1.25. The molecule has 0 amide bonds. The fraction of sp³-hybridized carbons (Fsp3) is 0. The number of anilines is 2. The first-order valence-electron chi connectivity index (χ1n) is 2.85. The maximum atomic E-state index is 10.4. The molecule has 0 saturated carbocycles. The molecule has 0 fully saturated rings. The second kappa shape index (κ2) is 2.45. The van der Waals surface area contributed by atoms with Gasteiger partial charge in [-0.1, -0.05) is 0 Å². The molecule has 0 aliphatic heterocycles. The van der Waals surface area contributed by atoms with E-state index in [0.717, 1.165) is 6.20 Å². The highest BCUT2D eigenvalue weighted by Crippen LogP contribution is 2.16. The van der Waals surface area contributed by atoms with Crippen molar-refractivity contribution in [3.05, 3.63) is 18.0 Å². The Labute approximate surface area is 62.7 Å². The van der Waals surface area contributed by atoms with Gasteiger partial charge in [-0.3, -0.25) is 4.98 Å². The van der Waals surface area contributed by atoms with Crippen LogP contribution in [0.5, 0.6) is 0 Å². The van der Waals surface area contributed by atoms with Crippen molar-refractivity contribution in [3.63, 3.8) is 0 Å². The van der Waals surface area contributed by atoms with Crippen LogP contribution in [-0.4, -0.2) is 16.1 Å². The zero-order valence-electron chi connectivity index (χ0n) is 5.61. The summed E-state index contributed by atoms with van der Waals surface area (Å²) < 4.78 is 0. The monoisotopic (exact) mass is 153 g/mol. The van der Waals surface area contributed by atoms with E-state index in [1.165, 1.54) is 6.20 Å². The fourth-order valence-corrected chi connectivity index (χ4v) is 0.657. The predicted molar refractivity (Wildman–Crippen MR) is 40.0 cm³/mol. The lowest BCUT2D eigenvalue weighted by Crippen LogP contribution is -2.05. The van der Waals surface area contributed by atoms with Crippen LogP contribution in [0, 0.1) is 0 Å². The first-order valence-corrected chi connectivity index (χ1v) is 2.85. The minimum Gasteiger partial charge on any atom is -0.478 e. The Hall–Kier alpha value is -1.78. The molecule has 5 nitrogen and oxygen atoms in total. The predicted octanol–water partition coefficient (Wildman–Crippen LogP) is -0.0558. The Morgan fingerprint density at radius 3 is 2.55 bits per heavy atom. The number of pyridine rings is 1. The van der Waals surface area contributed by atoms with Crippen LogP contribution >= 0.6 is 0 Å². The Balaban J connectivity index is 3.27. The largest absolute Gasteiger partial charge is 0.478 e. The third kappa shape index (κ3) is 1.21. The van der Waals surface area contributed by atoms with E-state index in [9.17, 15) is 4.79 Å². The van der Waals surface area contributed by atoms with Crippen molar-refractivity contribution in [3.8, 4) is 0 Å². The second-order valence-corrected chi connectivity index (χ2v) is 2.00. The molecule has 0 bridgehead atoms. The third-order valence-electron chi connectivity index (χ3n) is 1.25. The zero-order valence-corrected chi connectivity index (χ0v) is 5.61. The molecular formula is C6H7N3O2. The second-order valence-electron chi connectivity index (χ2n) is 2.00. The highest BCUT2D eigenvalue weighted by Gasteiger charge is 2.09. The Morgan fingerprint density at radius 1 is 1.45 bits per heavy atom. The molecule has 5 N–H and O–H groups in total. The van der Waals surface area contributed by atoms with Crippen molar-refractivity contribution in [1.82, 2.24) is 4.98 Å². The average Bonchev–Trinajstić information content (AvgIpc) is 1.94. The van der Waals surface area contributed by atoms with Crippen molar-refractivity contribution >= 4 is 17.3 Å². The van der Waals surface area contributed by atoms with Gasteiger partial charge in [0.05, 0.1) is 17.6 Å². The minimum atomic E-state index is -1.12. The Morgan fingerprint density at radius 2 is 2.09 bits per heavy atom. The van der Waals surface area contributed by atoms with Crippen LogP contribution < -0.4 is 11.5 Å². The van der Waals surface area contributed by atoms with Crippen LogP contribution in [0.1, 0.15) is 10.4 Å². The number of carboxylic acids is 1. The van der Waals surface area contributed by atoms with Crippen molar-refractivity contribution < 1.29 is 9.90 Å². The summed E-state index contributed by atoms with van der Waals surface area (Å²) >= 11 is 0. The highest BCUT2D eigenvalue weighted by atomic mass is 16.4. The highest BCUT2D eigenvalue weighted by molar-refractivity contribution is 5.96. The molecule has 1 rings (SSSR count). The van der Waals surface area contributed by atoms with Crippen LogP contribution in [0.2, 0.25) is 0 Å². The summed E-state index contributed by atoms with van der Waals surface area (Å²) in [6, 6.07) is 0. The lowest BCUT2D eigenvalue weighted by atomic mass is 10.2. The smallest absolute Gasteiger partial charge is 0.339 e. The van der Waals surface area contributed by atoms with Gasteiger partial charge in [-0.15, -0.1) is 0 Å². The van der Waals surface area contributed by atoms with Gasteiger partial charge in [0.1, 0.15) is 5.56 Å². The molecule has 0 spiro atoms. The van der Waals surface area contributed by atoms with E-state index >= 15 is 0 Å². The molecule has 0 aliphatic rings. The van der Waals surface area contributed by atoms with E-state index in [0.29, 0.717) is 0 Å². The number of rotatable bonds is 1. The van der Waals surface area contributed by atoms with Gasteiger partial charge in [0, 0.05) is 6.20 Å². The number of hydrogen-bond acceptors (Lipinski definition) is 4. The van der Waals surface area contributed by atoms with Gasteiger partial charge in [-0.2, -0.15) is 0 Å². The van der Waals surface area contributed by atoms with E-state index in [4.69, 9.17) is 16.6 Å². The molecule has 58 valence electrons. The summed E-state index contributed by atoms with van der Waals surface area (Å²) in [7, 11) is 0. The normalized spacial score (nSPS) is 9.45. The number of aromatic nitrogens is 1. The van der Waals surface area contributed by atoms with E-state index in [1.807, 2.05) is 0 Å². The van der Waals surface area contributed by atoms with E-state index in [2.05, 4.69) is 4.98 Å². The zero-order chi connectivity index (χ0) is 8.43. The molecule has 0 unspecified atom stereocenters. The summed E-state index contributed by atoms with van der Waals surface area (Å²) in [5.74, 6) is -1.12. The molecule has 11 heavy (non-hydrogen) atoms. The van der Waals surface area contributed by atoms with Gasteiger partial charge in [0.25, 0.3) is 0 Å². The summed E-state index contributed by atoms with van der Waals surface area (Å²) in [6.07, 6.45) is 2.47. The quantitative estimate of drug-likeness (QED) is 0.524.